The molecule has 0 saturated heterocycles. The van der Waals surface area contributed by atoms with Gasteiger partial charge in [0.1, 0.15) is 0 Å². The van der Waals surface area contributed by atoms with E-state index in [1.165, 1.54) is 17.5 Å². The molecule has 0 aliphatic carbocycles. The zero-order valence-electron chi connectivity index (χ0n) is 11.7. The maximum Gasteiger partial charge on any atom is 0.0231 e. The van der Waals surface area contributed by atoms with Crippen LogP contribution in [0.4, 0.5) is 0 Å². The van der Waals surface area contributed by atoms with Crippen LogP contribution in [-0.4, -0.2) is 31.1 Å². The van der Waals surface area contributed by atoms with E-state index in [1.54, 1.807) is 0 Å². The molecule has 2 nitrogen and oxygen atoms in total. The second-order valence-electron chi connectivity index (χ2n) is 4.85. The van der Waals surface area contributed by atoms with Crippen LogP contribution in [0.2, 0.25) is 0 Å². The first-order chi connectivity index (χ1) is 8.15. The maximum atomic E-state index is 3.52. The predicted molar refractivity (Wildman–Crippen MR) is 75.3 cm³/mol. The molecular formula is C15H26N2. The van der Waals surface area contributed by atoms with Gasteiger partial charge in [0.15, 0.2) is 0 Å². The van der Waals surface area contributed by atoms with Gasteiger partial charge in [-0.05, 0) is 32.5 Å². The summed E-state index contributed by atoms with van der Waals surface area (Å²) in [6, 6.07) is 9.37. The van der Waals surface area contributed by atoms with Crippen molar-refractivity contribution in [3.8, 4) is 0 Å². The molecule has 96 valence electrons. The third-order valence-electron chi connectivity index (χ3n) is 3.05. The molecule has 0 amide bonds. The van der Waals surface area contributed by atoms with Crippen LogP contribution >= 0.6 is 0 Å². The molecule has 0 fully saturated rings. The van der Waals surface area contributed by atoms with Crippen LogP contribution in [0.1, 0.15) is 31.4 Å². The zero-order chi connectivity index (χ0) is 12.7. The van der Waals surface area contributed by atoms with Gasteiger partial charge in [0, 0.05) is 19.1 Å². The smallest absolute Gasteiger partial charge is 0.0231 e. The van der Waals surface area contributed by atoms with Crippen molar-refractivity contribution in [2.24, 2.45) is 0 Å². The third kappa shape index (κ3) is 5.33. The molecule has 0 saturated carbocycles. The molecule has 0 aromatic heterocycles. The van der Waals surface area contributed by atoms with E-state index >= 15 is 0 Å². The van der Waals surface area contributed by atoms with Crippen molar-refractivity contribution >= 4 is 0 Å². The molecular weight excluding hydrogens is 208 g/mol. The first-order valence-corrected chi connectivity index (χ1v) is 6.63. The Kier molecular flexibility index (Phi) is 6.23. The molecule has 1 rings (SSSR count). The predicted octanol–water partition coefficient (Wildman–Crippen LogP) is 2.81. The van der Waals surface area contributed by atoms with Gasteiger partial charge in [0.2, 0.25) is 0 Å². The molecule has 0 heterocycles. The SMILES string of the molecule is CCNC(CC)CN(C)Cc1cccc(C)c1. The summed E-state index contributed by atoms with van der Waals surface area (Å²) >= 11 is 0. The van der Waals surface area contributed by atoms with Gasteiger partial charge in [-0.2, -0.15) is 0 Å². The fourth-order valence-electron chi connectivity index (χ4n) is 2.19. The number of aryl methyl sites for hydroxylation is 1. The lowest BCUT2D eigenvalue weighted by atomic mass is 10.1. The minimum atomic E-state index is 0.606. The second-order valence-corrected chi connectivity index (χ2v) is 4.85. The maximum absolute atomic E-state index is 3.52. The van der Waals surface area contributed by atoms with Gasteiger partial charge in [-0.15, -0.1) is 0 Å². The number of benzene rings is 1. The first kappa shape index (κ1) is 14.2. The number of likely N-dealkylation sites (N-methyl/N-ethyl adjacent to an activating group) is 2. The Labute approximate surface area is 106 Å². The normalized spacial score (nSPS) is 13.0. The van der Waals surface area contributed by atoms with E-state index < -0.39 is 0 Å². The summed E-state index contributed by atoms with van der Waals surface area (Å²) in [5.74, 6) is 0. The van der Waals surface area contributed by atoms with Gasteiger partial charge >= 0.3 is 0 Å². The van der Waals surface area contributed by atoms with E-state index in [9.17, 15) is 0 Å². The molecule has 1 aromatic carbocycles. The summed E-state index contributed by atoms with van der Waals surface area (Å²) in [6.07, 6.45) is 1.19. The lowest BCUT2D eigenvalue weighted by Crippen LogP contribution is -2.38. The average Bonchev–Trinajstić information content (AvgIpc) is 2.28. The Balaban J connectivity index is 2.45. The van der Waals surface area contributed by atoms with Crippen molar-refractivity contribution in [3.63, 3.8) is 0 Å². The van der Waals surface area contributed by atoms with Crippen molar-refractivity contribution in [2.75, 3.05) is 20.1 Å². The molecule has 1 atom stereocenters. The van der Waals surface area contributed by atoms with E-state index in [-0.39, 0.29) is 0 Å². The van der Waals surface area contributed by atoms with Crippen molar-refractivity contribution < 1.29 is 0 Å². The first-order valence-electron chi connectivity index (χ1n) is 6.63. The molecule has 0 radical (unpaired) electrons. The van der Waals surface area contributed by atoms with Gasteiger partial charge in [-0.1, -0.05) is 43.7 Å². The topological polar surface area (TPSA) is 15.3 Å². The van der Waals surface area contributed by atoms with Crippen LogP contribution in [0.25, 0.3) is 0 Å². The lowest BCUT2D eigenvalue weighted by Gasteiger charge is -2.24. The quantitative estimate of drug-likeness (QED) is 0.780. The van der Waals surface area contributed by atoms with Gasteiger partial charge in [-0.3, -0.25) is 0 Å². The van der Waals surface area contributed by atoms with E-state index in [0.29, 0.717) is 6.04 Å². The van der Waals surface area contributed by atoms with Gasteiger partial charge in [0.05, 0.1) is 0 Å². The molecule has 0 aliphatic heterocycles. The van der Waals surface area contributed by atoms with E-state index in [1.807, 2.05) is 0 Å². The molecule has 0 spiro atoms. The number of rotatable bonds is 7. The minimum absolute atomic E-state index is 0.606. The highest BCUT2D eigenvalue weighted by molar-refractivity contribution is 5.21. The number of hydrogen-bond acceptors (Lipinski definition) is 2. The Bertz CT molecular complexity index is 322. The van der Waals surface area contributed by atoms with Crippen LogP contribution in [-0.2, 0) is 6.54 Å². The summed E-state index contributed by atoms with van der Waals surface area (Å²) in [4.78, 5) is 2.39. The van der Waals surface area contributed by atoms with Crippen molar-refractivity contribution in [1.29, 1.82) is 0 Å². The summed E-state index contributed by atoms with van der Waals surface area (Å²) in [5.41, 5.74) is 2.74. The van der Waals surface area contributed by atoms with E-state index in [4.69, 9.17) is 0 Å². The molecule has 2 heteroatoms. The standard InChI is InChI=1S/C15H26N2/c1-5-15(16-6-2)12-17(4)11-14-9-7-8-13(3)10-14/h7-10,15-16H,5-6,11-12H2,1-4H3. The minimum Gasteiger partial charge on any atom is -0.313 e. The van der Waals surface area contributed by atoms with Crippen LogP contribution in [0.3, 0.4) is 0 Å². The molecule has 1 unspecified atom stereocenters. The van der Waals surface area contributed by atoms with Crippen LogP contribution in [0.15, 0.2) is 24.3 Å². The average molecular weight is 234 g/mol. The number of hydrogen-bond donors (Lipinski definition) is 1. The van der Waals surface area contributed by atoms with Crippen LogP contribution in [0.5, 0.6) is 0 Å². The van der Waals surface area contributed by atoms with Crippen molar-refractivity contribution in [2.45, 2.75) is 39.8 Å². The molecule has 17 heavy (non-hydrogen) atoms. The molecule has 0 aliphatic rings. The van der Waals surface area contributed by atoms with Crippen molar-refractivity contribution in [3.05, 3.63) is 35.4 Å². The number of nitrogens with one attached hydrogen (secondary N) is 1. The fraction of sp³-hybridized carbons (Fsp3) is 0.600. The summed E-state index contributed by atoms with van der Waals surface area (Å²) in [5, 5.41) is 3.52. The van der Waals surface area contributed by atoms with Crippen LogP contribution in [0, 0.1) is 6.92 Å². The lowest BCUT2D eigenvalue weighted by molar-refractivity contribution is 0.279. The highest BCUT2D eigenvalue weighted by Gasteiger charge is 2.08. The monoisotopic (exact) mass is 234 g/mol. The summed E-state index contributed by atoms with van der Waals surface area (Å²) < 4.78 is 0. The Morgan fingerprint density at radius 1 is 1.29 bits per heavy atom. The highest BCUT2D eigenvalue weighted by Crippen LogP contribution is 2.07. The number of nitrogens with zero attached hydrogens (tertiary/aromatic N) is 1. The Morgan fingerprint density at radius 3 is 2.65 bits per heavy atom. The largest absolute Gasteiger partial charge is 0.313 e. The van der Waals surface area contributed by atoms with Gasteiger partial charge in [-0.25, -0.2) is 0 Å². The molecule has 1 aromatic rings. The molecule has 1 N–H and O–H groups in total. The van der Waals surface area contributed by atoms with Crippen molar-refractivity contribution in [1.82, 2.24) is 10.2 Å². The third-order valence-corrected chi connectivity index (χ3v) is 3.05. The highest BCUT2D eigenvalue weighted by atomic mass is 15.1. The van der Waals surface area contributed by atoms with E-state index in [2.05, 4.69) is 62.3 Å². The Hall–Kier alpha value is -0.860. The van der Waals surface area contributed by atoms with E-state index in [0.717, 1.165) is 19.6 Å². The summed E-state index contributed by atoms with van der Waals surface area (Å²) in [7, 11) is 2.20. The molecule has 0 bridgehead atoms. The zero-order valence-corrected chi connectivity index (χ0v) is 11.7. The van der Waals surface area contributed by atoms with Gasteiger partial charge < -0.3 is 10.2 Å². The summed E-state index contributed by atoms with van der Waals surface area (Å²) in [6.45, 7) is 9.76. The van der Waals surface area contributed by atoms with Crippen LogP contribution < -0.4 is 5.32 Å². The fourth-order valence-corrected chi connectivity index (χ4v) is 2.19. The van der Waals surface area contributed by atoms with Gasteiger partial charge in [0.25, 0.3) is 0 Å². The Morgan fingerprint density at radius 2 is 2.06 bits per heavy atom. The second kappa shape index (κ2) is 7.46.